The lowest BCUT2D eigenvalue weighted by Crippen LogP contribution is -2.26. The molecule has 0 aliphatic heterocycles. The fourth-order valence-corrected chi connectivity index (χ4v) is 3.24. The van der Waals surface area contributed by atoms with Crippen LogP contribution in [0, 0.1) is 0 Å². The van der Waals surface area contributed by atoms with Crippen molar-refractivity contribution in [1.82, 2.24) is 0 Å². The number of hydrogen-bond acceptors (Lipinski definition) is 2. The van der Waals surface area contributed by atoms with Gasteiger partial charge in [-0.15, -0.1) is 0 Å². The quantitative estimate of drug-likeness (QED) is 0.824. The summed E-state index contributed by atoms with van der Waals surface area (Å²) in [6.45, 7) is 4.31. The monoisotopic (exact) mass is 257 g/mol. The first-order chi connectivity index (χ1) is 7.70. The third kappa shape index (κ3) is 3.69. The highest BCUT2D eigenvalue weighted by Crippen LogP contribution is 2.36. The molecule has 1 rings (SSSR count). The number of thioether (sulfide) groups is 1. The Bertz CT molecular complexity index is 317. The van der Waals surface area contributed by atoms with E-state index >= 15 is 0 Å². The molecule has 90 valence electrons. The molecule has 2 atom stereocenters. The number of nitrogens with two attached hydrogens (primary N) is 1. The first-order valence-electron chi connectivity index (χ1n) is 5.82. The Morgan fingerprint density at radius 2 is 2.00 bits per heavy atom. The molecule has 0 radical (unpaired) electrons. The smallest absolute Gasteiger partial charge is 0.0462 e. The maximum absolute atomic E-state index is 6.23. The Morgan fingerprint density at radius 3 is 2.56 bits per heavy atom. The summed E-state index contributed by atoms with van der Waals surface area (Å²) in [6, 6.07) is 8.20. The second-order valence-electron chi connectivity index (χ2n) is 3.89. The number of hydrogen-bond donors (Lipinski definition) is 1. The molecule has 0 spiro atoms. The molecule has 0 aliphatic rings. The molecule has 2 N–H and O–H groups in total. The highest BCUT2D eigenvalue weighted by Gasteiger charge is 2.20. The summed E-state index contributed by atoms with van der Waals surface area (Å²) in [4.78, 5) is 0. The van der Waals surface area contributed by atoms with Crippen LogP contribution in [0.5, 0.6) is 0 Å². The van der Waals surface area contributed by atoms with Gasteiger partial charge in [-0.05, 0) is 30.2 Å². The molecule has 0 bridgehead atoms. The molecule has 16 heavy (non-hydrogen) atoms. The fourth-order valence-electron chi connectivity index (χ4n) is 1.61. The maximum Gasteiger partial charge on any atom is 0.0462 e. The topological polar surface area (TPSA) is 26.0 Å². The molecule has 0 aromatic heterocycles. The number of benzene rings is 1. The van der Waals surface area contributed by atoms with E-state index in [-0.39, 0.29) is 6.04 Å². The molecule has 0 saturated heterocycles. The molecule has 0 heterocycles. The maximum atomic E-state index is 6.23. The van der Waals surface area contributed by atoms with Crippen LogP contribution in [0.1, 0.15) is 37.5 Å². The second-order valence-corrected chi connectivity index (χ2v) is 5.54. The van der Waals surface area contributed by atoms with Gasteiger partial charge in [0.1, 0.15) is 0 Å². The molecule has 0 saturated carbocycles. The van der Waals surface area contributed by atoms with E-state index in [0.717, 1.165) is 17.2 Å². The van der Waals surface area contributed by atoms with Gasteiger partial charge in [0.05, 0.1) is 0 Å². The minimum atomic E-state index is 0.177. The second kappa shape index (κ2) is 7.21. The molecule has 3 heteroatoms. The van der Waals surface area contributed by atoms with Crippen molar-refractivity contribution >= 4 is 23.4 Å². The van der Waals surface area contributed by atoms with Crippen LogP contribution in [-0.4, -0.2) is 11.8 Å². The Hall–Kier alpha value is -0.180. The summed E-state index contributed by atoms with van der Waals surface area (Å²) >= 11 is 8.14. The molecular formula is C13H20ClNS. The van der Waals surface area contributed by atoms with Gasteiger partial charge in [0.25, 0.3) is 0 Å². The van der Waals surface area contributed by atoms with Crippen LogP contribution in [0.3, 0.4) is 0 Å². The Morgan fingerprint density at radius 1 is 1.31 bits per heavy atom. The predicted octanol–water partition coefficient (Wildman–Crippen LogP) is 4.26. The standard InChI is InChI=1S/C13H20ClNS/c1-3-9-16-13(12(15)4-2)10-7-5-6-8-11(10)14/h5-8,12-13H,3-4,9,15H2,1-2H3. The van der Waals surface area contributed by atoms with Crippen molar-refractivity contribution in [3.8, 4) is 0 Å². The van der Waals surface area contributed by atoms with Gasteiger partial charge in [0.15, 0.2) is 0 Å². The minimum Gasteiger partial charge on any atom is -0.326 e. The van der Waals surface area contributed by atoms with Gasteiger partial charge in [0, 0.05) is 16.3 Å². The SMILES string of the molecule is CCCSC(c1ccccc1Cl)C(N)CC. The molecular weight excluding hydrogens is 238 g/mol. The number of rotatable bonds is 6. The van der Waals surface area contributed by atoms with Crippen LogP contribution in [0.25, 0.3) is 0 Å². The predicted molar refractivity (Wildman–Crippen MR) is 75.2 cm³/mol. The first kappa shape index (κ1) is 13.9. The van der Waals surface area contributed by atoms with Crippen molar-refractivity contribution in [2.45, 2.75) is 38.0 Å². The van der Waals surface area contributed by atoms with E-state index in [9.17, 15) is 0 Å². The molecule has 1 aromatic carbocycles. The lowest BCUT2D eigenvalue weighted by molar-refractivity contribution is 0.634. The van der Waals surface area contributed by atoms with E-state index in [1.807, 2.05) is 30.0 Å². The van der Waals surface area contributed by atoms with Crippen LogP contribution in [0.15, 0.2) is 24.3 Å². The van der Waals surface area contributed by atoms with Crippen LogP contribution in [0.2, 0.25) is 5.02 Å². The van der Waals surface area contributed by atoms with E-state index < -0.39 is 0 Å². The van der Waals surface area contributed by atoms with Crippen molar-refractivity contribution in [2.24, 2.45) is 5.73 Å². The van der Waals surface area contributed by atoms with E-state index in [2.05, 4.69) is 19.9 Å². The Labute approximate surface area is 108 Å². The van der Waals surface area contributed by atoms with Crippen LogP contribution in [-0.2, 0) is 0 Å². The van der Waals surface area contributed by atoms with Crippen LogP contribution < -0.4 is 5.73 Å². The largest absolute Gasteiger partial charge is 0.326 e. The van der Waals surface area contributed by atoms with Gasteiger partial charge in [0.2, 0.25) is 0 Å². The van der Waals surface area contributed by atoms with Gasteiger partial charge < -0.3 is 5.73 Å². The minimum absolute atomic E-state index is 0.177. The highest BCUT2D eigenvalue weighted by atomic mass is 35.5. The van der Waals surface area contributed by atoms with Gasteiger partial charge in [-0.1, -0.05) is 43.6 Å². The Balaban J connectivity index is 2.87. The fraction of sp³-hybridized carbons (Fsp3) is 0.538. The zero-order valence-corrected chi connectivity index (χ0v) is 11.5. The Kier molecular flexibility index (Phi) is 6.25. The highest BCUT2D eigenvalue weighted by molar-refractivity contribution is 7.99. The van der Waals surface area contributed by atoms with Crippen LogP contribution in [0.4, 0.5) is 0 Å². The van der Waals surface area contributed by atoms with E-state index in [1.165, 1.54) is 12.0 Å². The van der Waals surface area contributed by atoms with Gasteiger partial charge in [-0.2, -0.15) is 11.8 Å². The lowest BCUT2D eigenvalue weighted by Gasteiger charge is -2.23. The average Bonchev–Trinajstić information content (AvgIpc) is 2.31. The summed E-state index contributed by atoms with van der Waals surface area (Å²) < 4.78 is 0. The first-order valence-corrected chi connectivity index (χ1v) is 7.25. The molecule has 0 aliphatic carbocycles. The van der Waals surface area contributed by atoms with Crippen molar-refractivity contribution in [3.63, 3.8) is 0 Å². The zero-order valence-electron chi connectivity index (χ0n) is 9.95. The summed E-state index contributed by atoms with van der Waals surface area (Å²) in [5.41, 5.74) is 7.36. The van der Waals surface area contributed by atoms with Crippen LogP contribution >= 0.6 is 23.4 Å². The van der Waals surface area contributed by atoms with Gasteiger partial charge >= 0.3 is 0 Å². The third-order valence-corrected chi connectivity index (χ3v) is 4.52. The van der Waals surface area contributed by atoms with Gasteiger partial charge in [-0.25, -0.2) is 0 Å². The molecule has 1 aromatic rings. The van der Waals surface area contributed by atoms with E-state index in [0.29, 0.717) is 5.25 Å². The third-order valence-electron chi connectivity index (χ3n) is 2.57. The normalized spacial score (nSPS) is 14.8. The average molecular weight is 258 g/mol. The van der Waals surface area contributed by atoms with E-state index in [4.69, 9.17) is 17.3 Å². The molecule has 0 fully saturated rings. The van der Waals surface area contributed by atoms with Crippen molar-refractivity contribution in [3.05, 3.63) is 34.9 Å². The summed E-state index contributed by atoms with van der Waals surface area (Å²) in [6.07, 6.45) is 2.15. The summed E-state index contributed by atoms with van der Waals surface area (Å²) in [5, 5.41) is 1.15. The number of halogens is 1. The lowest BCUT2D eigenvalue weighted by atomic mass is 10.0. The molecule has 1 nitrogen and oxygen atoms in total. The molecule has 0 amide bonds. The van der Waals surface area contributed by atoms with Crippen molar-refractivity contribution in [2.75, 3.05) is 5.75 Å². The van der Waals surface area contributed by atoms with Crippen molar-refractivity contribution in [1.29, 1.82) is 0 Å². The van der Waals surface area contributed by atoms with Gasteiger partial charge in [-0.3, -0.25) is 0 Å². The van der Waals surface area contributed by atoms with E-state index in [1.54, 1.807) is 0 Å². The summed E-state index contributed by atoms with van der Waals surface area (Å²) in [5.74, 6) is 1.13. The van der Waals surface area contributed by atoms with Crippen molar-refractivity contribution < 1.29 is 0 Å². The summed E-state index contributed by atoms with van der Waals surface area (Å²) in [7, 11) is 0. The zero-order chi connectivity index (χ0) is 12.0. The molecule has 2 unspecified atom stereocenters.